The van der Waals surface area contributed by atoms with E-state index in [1.807, 2.05) is 18.2 Å². The van der Waals surface area contributed by atoms with Crippen LogP contribution in [-0.2, 0) is 16.1 Å². The molecule has 9 heteroatoms. The molecule has 4 aromatic carbocycles. The van der Waals surface area contributed by atoms with Crippen molar-refractivity contribution in [1.82, 2.24) is 15.1 Å². The van der Waals surface area contributed by atoms with Crippen molar-refractivity contribution in [2.45, 2.75) is 56.1 Å². The van der Waals surface area contributed by atoms with Crippen LogP contribution in [0.25, 0.3) is 0 Å². The maximum Gasteiger partial charge on any atom is 0.249 e. The zero-order valence-corrected chi connectivity index (χ0v) is 29.0. The van der Waals surface area contributed by atoms with Crippen molar-refractivity contribution in [3.8, 4) is 11.5 Å². The average molecular weight is 686 g/mol. The van der Waals surface area contributed by atoms with Gasteiger partial charge in [-0.1, -0.05) is 60.7 Å². The molecule has 0 spiro atoms. The molecule has 0 radical (unpaired) electrons. The third-order valence-electron chi connectivity index (χ3n) is 11.3. The predicted molar refractivity (Wildman–Crippen MR) is 199 cm³/mol. The minimum Gasteiger partial charge on any atom is -0.508 e. The van der Waals surface area contributed by atoms with E-state index in [0.717, 1.165) is 62.8 Å². The number of phenolic OH excluding ortho intramolecular Hbond substituents is 1. The molecular formula is C42H47N5O4. The number of piperidine rings is 2. The Morgan fingerprint density at radius 1 is 0.784 bits per heavy atom. The highest BCUT2D eigenvalue weighted by Crippen LogP contribution is 2.47. The van der Waals surface area contributed by atoms with Gasteiger partial charge in [0.15, 0.2) is 0 Å². The molecule has 3 saturated heterocycles. The normalized spacial score (nSPS) is 23.3. The van der Waals surface area contributed by atoms with Crippen molar-refractivity contribution in [3.05, 3.63) is 119 Å². The van der Waals surface area contributed by atoms with E-state index in [1.54, 1.807) is 12.1 Å². The fourth-order valence-corrected chi connectivity index (χ4v) is 8.52. The van der Waals surface area contributed by atoms with Gasteiger partial charge in [0.1, 0.15) is 17.5 Å². The minimum atomic E-state index is -0.368. The van der Waals surface area contributed by atoms with E-state index in [1.165, 1.54) is 35.2 Å². The molecule has 0 aromatic heterocycles. The van der Waals surface area contributed by atoms with Gasteiger partial charge in [0, 0.05) is 93.1 Å². The lowest BCUT2D eigenvalue weighted by Gasteiger charge is -2.43. The van der Waals surface area contributed by atoms with Crippen LogP contribution in [0.15, 0.2) is 97.1 Å². The number of hydrogen-bond donors (Lipinski definition) is 3. The molecule has 9 nitrogen and oxygen atoms in total. The molecule has 0 bridgehead atoms. The number of phenols is 1. The third-order valence-corrected chi connectivity index (χ3v) is 11.3. The lowest BCUT2D eigenvalue weighted by Crippen LogP contribution is -2.53. The number of fused-ring (bicyclic) bond motifs is 1. The van der Waals surface area contributed by atoms with E-state index < -0.39 is 0 Å². The van der Waals surface area contributed by atoms with E-state index in [2.05, 4.69) is 92.1 Å². The van der Waals surface area contributed by atoms with Crippen LogP contribution in [0.4, 0.5) is 11.4 Å². The largest absolute Gasteiger partial charge is 0.508 e. The number of anilines is 2. The molecule has 264 valence electrons. The number of benzene rings is 4. The van der Waals surface area contributed by atoms with Crippen LogP contribution in [0.3, 0.4) is 0 Å². The first-order chi connectivity index (χ1) is 25.0. The molecule has 4 aromatic rings. The Kier molecular flexibility index (Phi) is 9.65. The van der Waals surface area contributed by atoms with Crippen LogP contribution >= 0.6 is 0 Å². The maximum atomic E-state index is 12.2. The standard InChI is InChI=1S/C42H47N5O4/c48-35-13-14-36-39(26-35)51-28-37(30-6-2-1-3-7-30)41(36)31-9-11-33(12-10-31)46-19-17-34(18-20-46)47-23-21-45(22-24-47)27-29-5-4-8-32(25-29)43-38-15-16-40(49)44-42(38)50/h1-14,25-26,34,37-38,41,43,48H,15-24,27-28H2,(H,44,49,50). The van der Waals surface area contributed by atoms with Gasteiger partial charge in [-0.2, -0.15) is 0 Å². The van der Waals surface area contributed by atoms with Gasteiger partial charge in [0.05, 0.1) is 6.61 Å². The van der Waals surface area contributed by atoms with E-state index in [-0.39, 0.29) is 35.4 Å². The number of nitrogens with one attached hydrogen (secondary N) is 2. The quantitative estimate of drug-likeness (QED) is 0.203. The van der Waals surface area contributed by atoms with Crippen LogP contribution in [0.1, 0.15) is 59.8 Å². The molecule has 2 amide bonds. The lowest BCUT2D eigenvalue weighted by atomic mass is 9.76. The Bertz CT molecular complexity index is 1830. The summed E-state index contributed by atoms with van der Waals surface area (Å²) in [6.07, 6.45) is 3.23. The molecule has 4 heterocycles. The second-order valence-corrected chi connectivity index (χ2v) is 14.5. The summed E-state index contributed by atoms with van der Waals surface area (Å²) >= 11 is 0. The van der Waals surface area contributed by atoms with Gasteiger partial charge < -0.3 is 20.1 Å². The highest BCUT2D eigenvalue weighted by atomic mass is 16.5. The highest BCUT2D eigenvalue weighted by Gasteiger charge is 2.34. The molecule has 0 aliphatic carbocycles. The second kappa shape index (κ2) is 14.8. The number of aromatic hydroxyl groups is 1. The molecule has 0 saturated carbocycles. The summed E-state index contributed by atoms with van der Waals surface area (Å²) in [7, 11) is 0. The SMILES string of the molecule is O=C1CCC(Nc2cccc(CN3CCN(C4CCN(c5ccc(C6c7ccc(O)cc7OCC6c6ccccc6)cc5)CC4)CC3)c2)C(=O)N1. The van der Waals surface area contributed by atoms with Gasteiger partial charge in [-0.25, -0.2) is 0 Å². The van der Waals surface area contributed by atoms with E-state index >= 15 is 0 Å². The summed E-state index contributed by atoms with van der Waals surface area (Å²) in [6.45, 7) is 7.84. The molecule has 4 aliphatic heterocycles. The first kappa shape index (κ1) is 33.3. The predicted octanol–water partition coefficient (Wildman–Crippen LogP) is 5.70. The van der Waals surface area contributed by atoms with E-state index in [4.69, 9.17) is 4.74 Å². The Morgan fingerprint density at radius 3 is 2.33 bits per heavy atom. The zero-order chi connectivity index (χ0) is 34.7. The number of hydrogen-bond acceptors (Lipinski definition) is 8. The Labute approximate surface area is 300 Å². The zero-order valence-electron chi connectivity index (χ0n) is 29.0. The molecule has 4 aliphatic rings. The summed E-state index contributed by atoms with van der Waals surface area (Å²) < 4.78 is 6.17. The van der Waals surface area contributed by atoms with Crippen molar-refractivity contribution in [2.75, 3.05) is 56.1 Å². The van der Waals surface area contributed by atoms with Gasteiger partial charge in [-0.3, -0.25) is 24.7 Å². The number of carbonyl (C=O) groups is 2. The summed E-state index contributed by atoms with van der Waals surface area (Å²) in [5, 5.41) is 15.9. The van der Waals surface area contributed by atoms with Gasteiger partial charge in [0.25, 0.3) is 0 Å². The molecule has 3 N–H and O–H groups in total. The van der Waals surface area contributed by atoms with Crippen LogP contribution in [0.5, 0.6) is 11.5 Å². The molecule has 3 fully saturated rings. The number of imide groups is 1. The van der Waals surface area contributed by atoms with Crippen molar-refractivity contribution < 1.29 is 19.4 Å². The van der Waals surface area contributed by atoms with Crippen LogP contribution in [0, 0.1) is 0 Å². The minimum absolute atomic E-state index is 0.147. The van der Waals surface area contributed by atoms with Crippen molar-refractivity contribution in [1.29, 1.82) is 0 Å². The number of ether oxygens (including phenoxy) is 1. The lowest BCUT2D eigenvalue weighted by molar-refractivity contribution is -0.133. The first-order valence-corrected chi connectivity index (χ1v) is 18.5. The van der Waals surface area contributed by atoms with Crippen LogP contribution < -0.4 is 20.3 Å². The van der Waals surface area contributed by atoms with E-state index in [9.17, 15) is 14.7 Å². The van der Waals surface area contributed by atoms with Crippen LogP contribution in [-0.4, -0.2) is 84.7 Å². The highest BCUT2D eigenvalue weighted by molar-refractivity contribution is 6.01. The number of carbonyl (C=O) groups excluding carboxylic acids is 2. The Morgan fingerprint density at radius 2 is 1.57 bits per heavy atom. The average Bonchev–Trinajstić information content (AvgIpc) is 3.16. The maximum absolute atomic E-state index is 12.2. The Hall–Kier alpha value is -4.86. The molecular weight excluding hydrogens is 638 g/mol. The topological polar surface area (TPSA) is 97.4 Å². The van der Waals surface area contributed by atoms with Crippen LogP contribution in [0.2, 0.25) is 0 Å². The molecule has 3 unspecified atom stereocenters. The number of amides is 2. The molecule has 3 atom stereocenters. The summed E-state index contributed by atoms with van der Waals surface area (Å²) in [5.41, 5.74) is 7.10. The number of nitrogens with zero attached hydrogens (tertiary/aromatic N) is 3. The Balaban J connectivity index is 0.844. The third kappa shape index (κ3) is 7.46. The van der Waals surface area contributed by atoms with Crippen molar-refractivity contribution >= 4 is 23.2 Å². The van der Waals surface area contributed by atoms with Gasteiger partial charge in [0.2, 0.25) is 11.8 Å². The monoisotopic (exact) mass is 685 g/mol. The van der Waals surface area contributed by atoms with Gasteiger partial charge in [-0.05, 0) is 66.3 Å². The second-order valence-electron chi connectivity index (χ2n) is 14.5. The summed E-state index contributed by atoms with van der Waals surface area (Å²) in [4.78, 5) is 31.5. The molecule has 51 heavy (non-hydrogen) atoms. The van der Waals surface area contributed by atoms with Crippen molar-refractivity contribution in [3.63, 3.8) is 0 Å². The number of rotatable bonds is 8. The van der Waals surface area contributed by atoms with Gasteiger partial charge >= 0.3 is 0 Å². The fraction of sp³-hybridized carbons (Fsp3) is 0.381. The van der Waals surface area contributed by atoms with E-state index in [0.29, 0.717) is 25.5 Å². The van der Waals surface area contributed by atoms with Crippen molar-refractivity contribution in [2.24, 2.45) is 0 Å². The smallest absolute Gasteiger partial charge is 0.249 e. The summed E-state index contributed by atoms with van der Waals surface area (Å²) in [5.74, 6) is 0.907. The summed E-state index contributed by atoms with van der Waals surface area (Å²) in [6, 6.07) is 33.9. The first-order valence-electron chi connectivity index (χ1n) is 18.5. The van der Waals surface area contributed by atoms with Gasteiger partial charge in [-0.15, -0.1) is 0 Å². The fourth-order valence-electron chi connectivity index (χ4n) is 8.52. The molecule has 8 rings (SSSR count). The number of piperazine rings is 1.